The lowest BCUT2D eigenvalue weighted by Gasteiger charge is -2.44. The summed E-state index contributed by atoms with van der Waals surface area (Å²) in [7, 11) is 0. The quantitative estimate of drug-likeness (QED) is 0.728. The standard InChI is InChI=1S/C22H26O3/c1-3-4-5-6-9-15-12-17-18-14-22(2,25-21(17)13-19(15)23)24-20-11-8-7-10-16(18)20/h7-8,10-13,18,23H,3-6,9,14H2,1-2H3/t18-,22-/m1/s1. The second-order valence-corrected chi connectivity index (χ2v) is 7.46. The molecule has 2 aromatic carbocycles. The van der Waals surface area contributed by atoms with Crippen LogP contribution in [0.15, 0.2) is 36.4 Å². The molecule has 0 saturated carbocycles. The second kappa shape index (κ2) is 6.29. The van der Waals surface area contributed by atoms with Gasteiger partial charge >= 0.3 is 0 Å². The van der Waals surface area contributed by atoms with Crippen LogP contribution in [-0.4, -0.2) is 10.9 Å². The number of benzene rings is 2. The molecule has 0 radical (unpaired) electrons. The molecule has 2 aliphatic rings. The third-order valence-corrected chi connectivity index (χ3v) is 5.41. The Balaban J connectivity index is 1.70. The van der Waals surface area contributed by atoms with Crippen molar-refractivity contribution in [2.24, 2.45) is 0 Å². The lowest BCUT2D eigenvalue weighted by Crippen LogP contribution is -2.46. The number of fused-ring (bicyclic) bond motifs is 6. The Hall–Kier alpha value is -2.16. The number of aryl methyl sites for hydroxylation is 1. The summed E-state index contributed by atoms with van der Waals surface area (Å²) < 4.78 is 12.2. The van der Waals surface area contributed by atoms with Gasteiger partial charge in [-0.15, -0.1) is 0 Å². The summed E-state index contributed by atoms with van der Waals surface area (Å²) in [4.78, 5) is 0. The van der Waals surface area contributed by atoms with Gasteiger partial charge in [-0.2, -0.15) is 0 Å². The van der Waals surface area contributed by atoms with E-state index in [0.717, 1.165) is 36.3 Å². The molecule has 1 N–H and O–H groups in total. The van der Waals surface area contributed by atoms with Gasteiger partial charge in [0, 0.05) is 36.5 Å². The first-order valence-electron chi connectivity index (χ1n) is 9.42. The zero-order chi connectivity index (χ0) is 17.4. The number of unbranched alkanes of at least 4 members (excludes halogenated alkanes) is 3. The summed E-state index contributed by atoms with van der Waals surface area (Å²) in [5.74, 6) is 1.59. The summed E-state index contributed by atoms with van der Waals surface area (Å²) in [6.07, 6.45) is 6.52. The van der Waals surface area contributed by atoms with Gasteiger partial charge in [0.25, 0.3) is 0 Å². The molecule has 0 saturated heterocycles. The number of ether oxygens (including phenoxy) is 2. The molecule has 0 unspecified atom stereocenters. The summed E-state index contributed by atoms with van der Waals surface area (Å²) in [5, 5.41) is 10.4. The maximum atomic E-state index is 10.4. The van der Waals surface area contributed by atoms with Crippen molar-refractivity contribution in [3.63, 3.8) is 0 Å². The van der Waals surface area contributed by atoms with Crippen LogP contribution in [0.1, 0.15) is 68.6 Å². The molecule has 0 aromatic heterocycles. The van der Waals surface area contributed by atoms with Crippen molar-refractivity contribution in [1.29, 1.82) is 0 Å². The maximum Gasteiger partial charge on any atom is 0.249 e. The smallest absolute Gasteiger partial charge is 0.249 e. The molecular weight excluding hydrogens is 312 g/mol. The monoisotopic (exact) mass is 338 g/mol. The molecule has 4 rings (SSSR count). The molecule has 2 aliphatic heterocycles. The van der Waals surface area contributed by atoms with E-state index in [1.54, 1.807) is 6.07 Å². The number of para-hydroxylation sites is 1. The van der Waals surface area contributed by atoms with Crippen LogP contribution in [-0.2, 0) is 6.42 Å². The van der Waals surface area contributed by atoms with E-state index in [4.69, 9.17) is 9.47 Å². The Morgan fingerprint density at radius 3 is 2.68 bits per heavy atom. The fourth-order valence-electron chi connectivity index (χ4n) is 4.13. The number of hydrogen-bond donors (Lipinski definition) is 1. The van der Waals surface area contributed by atoms with Gasteiger partial charge in [-0.1, -0.05) is 44.4 Å². The van der Waals surface area contributed by atoms with E-state index in [9.17, 15) is 5.11 Å². The van der Waals surface area contributed by atoms with E-state index >= 15 is 0 Å². The molecular formula is C22H26O3. The SMILES string of the molecule is CCCCCCc1cc2c(cc1O)O[C@]1(C)C[C@@H]2c2ccccc2O1. The zero-order valence-corrected chi connectivity index (χ0v) is 15.0. The number of rotatable bonds is 5. The summed E-state index contributed by atoms with van der Waals surface area (Å²) in [6, 6.07) is 12.2. The molecule has 2 atom stereocenters. The summed E-state index contributed by atoms with van der Waals surface area (Å²) in [6.45, 7) is 4.20. The Labute approximate surface area is 149 Å². The van der Waals surface area contributed by atoms with Crippen LogP contribution in [0.5, 0.6) is 17.2 Å². The fraction of sp³-hybridized carbons (Fsp3) is 0.455. The topological polar surface area (TPSA) is 38.7 Å². The van der Waals surface area contributed by atoms with E-state index in [0.29, 0.717) is 5.75 Å². The predicted octanol–water partition coefficient (Wildman–Crippen LogP) is 5.54. The Morgan fingerprint density at radius 2 is 1.84 bits per heavy atom. The highest BCUT2D eigenvalue weighted by molar-refractivity contribution is 5.55. The second-order valence-electron chi connectivity index (χ2n) is 7.46. The van der Waals surface area contributed by atoms with Crippen LogP contribution in [0.25, 0.3) is 0 Å². The first kappa shape index (κ1) is 16.3. The molecule has 2 aromatic rings. The van der Waals surface area contributed by atoms with Crippen molar-refractivity contribution in [2.75, 3.05) is 0 Å². The van der Waals surface area contributed by atoms with Crippen molar-refractivity contribution >= 4 is 0 Å². The highest BCUT2D eigenvalue weighted by Gasteiger charge is 2.45. The van der Waals surface area contributed by atoms with Gasteiger partial charge in [0.2, 0.25) is 5.79 Å². The van der Waals surface area contributed by atoms with Crippen LogP contribution in [0.2, 0.25) is 0 Å². The lowest BCUT2D eigenvalue weighted by atomic mass is 9.80. The molecule has 0 fully saturated rings. The Morgan fingerprint density at radius 1 is 1.04 bits per heavy atom. The van der Waals surface area contributed by atoms with Crippen molar-refractivity contribution in [3.05, 3.63) is 53.1 Å². The van der Waals surface area contributed by atoms with E-state index in [2.05, 4.69) is 25.1 Å². The van der Waals surface area contributed by atoms with Crippen LogP contribution < -0.4 is 9.47 Å². The van der Waals surface area contributed by atoms with Gasteiger partial charge in [-0.25, -0.2) is 0 Å². The van der Waals surface area contributed by atoms with Crippen molar-refractivity contribution in [2.45, 2.75) is 64.1 Å². The average Bonchev–Trinajstić information content (AvgIpc) is 2.59. The minimum Gasteiger partial charge on any atom is -0.508 e. The van der Waals surface area contributed by atoms with E-state index in [1.165, 1.54) is 30.4 Å². The third kappa shape index (κ3) is 2.97. The number of hydrogen-bond acceptors (Lipinski definition) is 3. The Bertz CT molecular complexity index is 783. The number of aromatic hydroxyl groups is 1. The molecule has 0 aliphatic carbocycles. The first-order valence-corrected chi connectivity index (χ1v) is 9.42. The Kier molecular flexibility index (Phi) is 4.10. The van der Waals surface area contributed by atoms with Gasteiger partial charge in [0.1, 0.15) is 17.2 Å². The van der Waals surface area contributed by atoms with Crippen LogP contribution >= 0.6 is 0 Å². The van der Waals surface area contributed by atoms with Crippen LogP contribution in [0.4, 0.5) is 0 Å². The van der Waals surface area contributed by atoms with Gasteiger partial charge in [-0.3, -0.25) is 0 Å². The molecule has 0 spiro atoms. The van der Waals surface area contributed by atoms with Gasteiger partial charge < -0.3 is 14.6 Å². The highest BCUT2D eigenvalue weighted by Crippen LogP contribution is 2.52. The maximum absolute atomic E-state index is 10.4. The lowest BCUT2D eigenvalue weighted by molar-refractivity contribution is -0.125. The van der Waals surface area contributed by atoms with Crippen LogP contribution in [0.3, 0.4) is 0 Å². The normalized spacial score (nSPS) is 23.2. The van der Waals surface area contributed by atoms with Crippen LogP contribution in [0, 0.1) is 0 Å². The molecule has 2 heterocycles. The summed E-state index contributed by atoms with van der Waals surface area (Å²) >= 11 is 0. The largest absolute Gasteiger partial charge is 0.508 e. The van der Waals surface area contributed by atoms with Gasteiger partial charge in [0.05, 0.1) is 0 Å². The van der Waals surface area contributed by atoms with Gasteiger partial charge in [-0.05, 0) is 30.5 Å². The van der Waals surface area contributed by atoms with Crippen molar-refractivity contribution in [1.82, 2.24) is 0 Å². The first-order chi connectivity index (χ1) is 12.1. The molecule has 3 nitrogen and oxygen atoms in total. The predicted molar refractivity (Wildman–Crippen MR) is 98.5 cm³/mol. The zero-order valence-electron chi connectivity index (χ0n) is 15.0. The van der Waals surface area contributed by atoms with Crippen molar-refractivity contribution < 1.29 is 14.6 Å². The number of phenolic OH excluding ortho intramolecular Hbond substituents is 1. The minimum atomic E-state index is -0.666. The van der Waals surface area contributed by atoms with Crippen molar-refractivity contribution in [3.8, 4) is 17.2 Å². The van der Waals surface area contributed by atoms with E-state index in [-0.39, 0.29) is 5.92 Å². The number of phenols is 1. The average molecular weight is 338 g/mol. The highest BCUT2D eigenvalue weighted by atomic mass is 16.7. The molecule has 25 heavy (non-hydrogen) atoms. The van der Waals surface area contributed by atoms with E-state index < -0.39 is 5.79 Å². The molecule has 0 amide bonds. The minimum absolute atomic E-state index is 0.258. The molecule has 3 heteroatoms. The molecule has 132 valence electrons. The fourth-order valence-corrected chi connectivity index (χ4v) is 4.13. The van der Waals surface area contributed by atoms with E-state index in [1.807, 2.05) is 19.1 Å². The van der Waals surface area contributed by atoms with Gasteiger partial charge in [0.15, 0.2) is 0 Å². The summed E-state index contributed by atoms with van der Waals surface area (Å²) in [5.41, 5.74) is 3.43. The third-order valence-electron chi connectivity index (χ3n) is 5.41. The molecule has 2 bridgehead atoms.